The summed E-state index contributed by atoms with van der Waals surface area (Å²) in [7, 11) is 1.57. The van der Waals surface area contributed by atoms with Crippen LogP contribution in [0.25, 0.3) is 16.5 Å². The van der Waals surface area contributed by atoms with Gasteiger partial charge in [-0.05, 0) is 24.4 Å². The molecule has 4 rings (SSSR count). The first-order valence-corrected chi connectivity index (χ1v) is 10.5. The van der Waals surface area contributed by atoms with Crippen molar-refractivity contribution in [3.05, 3.63) is 63.3 Å². The van der Waals surface area contributed by atoms with Crippen molar-refractivity contribution in [2.45, 2.75) is 20.1 Å². The van der Waals surface area contributed by atoms with E-state index in [1.54, 1.807) is 40.7 Å². The predicted molar refractivity (Wildman–Crippen MR) is 111 cm³/mol. The summed E-state index contributed by atoms with van der Waals surface area (Å²) >= 11 is 3.15. The van der Waals surface area contributed by atoms with E-state index in [1.165, 1.54) is 6.20 Å². The molecule has 4 aromatic heterocycles. The molecule has 0 aliphatic heterocycles. The van der Waals surface area contributed by atoms with Gasteiger partial charge in [-0.2, -0.15) is 9.78 Å². The van der Waals surface area contributed by atoms with Crippen LogP contribution in [-0.2, 0) is 17.9 Å². The van der Waals surface area contributed by atoms with E-state index in [4.69, 9.17) is 4.74 Å². The molecule has 4 heterocycles. The number of aryl methyl sites for hydroxylation is 1. The second-order valence-electron chi connectivity index (χ2n) is 6.11. The number of aromatic nitrogens is 5. The van der Waals surface area contributed by atoms with E-state index in [2.05, 4.69) is 25.4 Å². The average molecular weight is 427 g/mol. The Kier molecular flexibility index (Phi) is 5.74. The Labute approximate surface area is 175 Å². The van der Waals surface area contributed by atoms with Crippen LogP contribution in [0, 0.1) is 6.92 Å². The van der Waals surface area contributed by atoms with Crippen molar-refractivity contribution in [2.75, 3.05) is 7.11 Å². The van der Waals surface area contributed by atoms with Gasteiger partial charge >= 0.3 is 0 Å². The van der Waals surface area contributed by atoms with Crippen LogP contribution in [-0.4, -0.2) is 37.7 Å². The highest BCUT2D eigenvalue weighted by Crippen LogP contribution is 2.23. The number of hydrogen-bond acceptors (Lipinski definition) is 8. The van der Waals surface area contributed by atoms with Crippen LogP contribution in [0.2, 0.25) is 0 Å². The first-order chi connectivity index (χ1) is 14.2. The number of thiazole rings is 1. The molecule has 0 saturated heterocycles. The number of carbonyl (C=O) groups excluding carboxylic acids is 1. The number of nitrogens with one attached hydrogen (secondary N) is 1. The minimum atomic E-state index is -0.247. The zero-order valence-corrected chi connectivity index (χ0v) is 17.5. The van der Waals surface area contributed by atoms with Crippen molar-refractivity contribution in [1.29, 1.82) is 0 Å². The van der Waals surface area contributed by atoms with Crippen LogP contribution in [0.5, 0.6) is 0 Å². The van der Waals surface area contributed by atoms with Crippen molar-refractivity contribution >= 4 is 28.6 Å². The van der Waals surface area contributed by atoms with Crippen molar-refractivity contribution in [3.63, 3.8) is 0 Å². The lowest BCUT2D eigenvalue weighted by Gasteiger charge is -2.08. The van der Waals surface area contributed by atoms with E-state index in [1.807, 2.05) is 35.9 Å². The average Bonchev–Trinajstić information content (AvgIpc) is 3.48. The first-order valence-electron chi connectivity index (χ1n) is 8.78. The summed E-state index contributed by atoms with van der Waals surface area (Å²) in [6, 6.07) is 5.81. The summed E-state index contributed by atoms with van der Waals surface area (Å²) in [5.74, 6) is 0.139. The van der Waals surface area contributed by atoms with E-state index in [0.29, 0.717) is 23.8 Å². The molecule has 0 radical (unpaired) electrons. The highest BCUT2D eigenvalue weighted by Gasteiger charge is 2.20. The molecular formula is C19H18N6O2S2. The lowest BCUT2D eigenvalue weighted by atomic mass is 10.2. The maximum absolute atomic E-state index is 12.7. The maximum Gasteiger partial charge on any atom is 0.255 e. The molecule has 0 aromatic carbocycles. The third-order valence-corrected chi connectivity index (χ3v) is 5.81. The molecule has 0 spiro atoms. The van der Waals surface area contributed by atoms with Gasteiger partial charge in [0.1, 0.15) is 0 Å². The monoisotopic (exact) mass is 426 g/mol. The molecule has 0 aliphatic rings. The summed E-state index contributed by atoms with van der Waals surface area (Å²) in [6.45, 7) is 2.48. The van der Waals surface area contributed by atoms with Gasteiger partial charge in [-0.15, -0.1) is 22.7 Å². The summed E-state index contributed by atoms with van der Waals surface area (Å²) < 4.78 is 6.85. The maximum atomic E-state index is 12.7. The Morgan fingerprint density at radius 1 is 1.28 bits per heavy atom. The summed E-state index contributed by atoms with van der Waals surface area (Å²) in [6.07, 6.45) is 3.19. The minimum Gasteiger partial charge on any atom is -0.378 e. The second kappa shape index (κ2) is 8.60. The molecule has 0 saturated carbocycles. The minimum absolute atomic E-state index is 0.200. The lowest BCUT2D eigenvalue weighted by molar-refractivity contribution is 0.0945. The van der Waals surface area contributed by atoms with Crippen molar-refractivity contribution in [1.82, 2.24) is 30.0 Å². The Morgan fingerprint density at radius 2 is 2.17 bits per heavy atom. The molecule has 0 unspecified atom stereocenters. The smallest absolute Gasteiger partial charge is 0.255 e. The van der Waals surface area contributed by atoms with Crippen LogP contribution in [0.1, 0.15) is 26.8 Å². The van der Waals surface area contributed by atoms with Crippen molar-refractivity contribution in [2.24, 2.45) is 0 Å². The largest absolute Gasteiger partial charge is 0.378 e. The van der Waals surface area contributed by atoms with Crippen LogP contribution < -0.4 is 5.32 Å². The van der Waals surface area contributed by atoms with Gasteiger partial charge in [0, 0.05) is 18.7 Å². The van der Waals surface area contributed by atoms with Gasteiger partial charge in [0.05, 0.1) is 51.9 Å². The van der Waals surface area contributed by atoms with Gasteiger partial charge in [-0.3, -0.25) is 4.79 Å². The molecule has 29 heavy (non-hydrogen) atoms. The molecule has 0 atom stereocenters. The van der Waals surface area contributed by atoms with Gasteiger partial charge in [0.2, 0.25) is 0 Å². The molecule has 0 fully saturated rings. The van der Waals surface area contributed by atoms with Crippen molar-refractivity contribution in [3.8, 4) is 16.5 Å². The van der Waals surface area contributed by atoms with Gasteiger partial charge in [0.15, 0.2) is 0 Å². The molecule has 0 bridgehead atoms. The Bertz CT molecular complexity index is 1120. The Balaban J connectivity index is 1.61. The number of amides is 1. The first kappa shape index (κ1) is 19.4. The predicted octanol–water partition coefficient (Wildman–Crippen LogP) is 3.23. The second-order valence-corrected chi connectivity index (χ2v) is 8.12. The summed E-state index contributed by atoms with van der Waals surface area (Å²) in [5, 5.41) is 12.1. The number of carbonyl (C=O) groups is 1. The Hall–Kier alpha value is -2.95. The van der Waals surface area contributed by atoms with Gasteiger partial charge < -0.3 is 10.1 Å². The normalized spacial score (nSPS) is 11.0. The zero-order valence-electron chi connectivity index (χ0n) is 15.8. The fourth-order valence-electron chi connectivity index (χ4n) is 2.78. The lowest BCUT2D eigenvalue weighted by Crippen LogP contribution is -2.24. The fourth-order valence-corrected chi connectivity index (χ4v) is 4.09. The molecule has 1 amide bonds. The number of methoxy groups -OCH3 is 1. The Morgan fingerprint density at radius 3 is 2.90 bits per heavy atom. The van der Waals surface area contributed by atoms with Gasteiger partial charge in [-0.1, -0.05) is 6.07 Å². The third kappa shape index (κ3) is 4.24. The topological polar surface area (TPSA) is 94.8 Å². The molecular weight excluding hydrogens is 408 g/mol. The standard InChI is InChI=1S/C19H18N6O2S2/c1-12-23-13(11-29-12)8-21-18(26)14-9-22-25(16(14)10-27-2)19-20-6-5-15(24-19)17-4-3-7-28-17/h3-7,9,11H,8,10H2,1-2H3,(H,21,26). The van der Waals surface area contributed by atoms with E-state index < -0.39 is 0 Å². The highest BCUT2D eigenvalue weighted by atomic mass is 32.1. The van der Waals surface area contributed by atoms with Crippen LogP contribution >= 0.6 is 22.7 Å². The number of rotatable bonds is 7. The van der Waals surface area contributed by atoms with Crippen LogP contribution in [0.4, 0.5) is 0 Å². The van der Waals surface area contributed by atoms with Crippen molar-refractivity contribution < 1.29 is 9.53 Å². The van der Waals surface area contributed by atoms with E-state index in [-0.39, 0.29) is 12.5 Å². The molecule has 10 heteroatoms. The molecule has 0 aliphatic carbocycles. The molecule has 4 aromatic rings. The van der Waals surface area contributed by atoms with E-state index in [9.17, 15) is 4.79 Å². The summed E-state index contributed by atoms with van der Waals surface area (Å²) in [4.78, 5) is 27.1. The zero-order chi connectivity index (χ0) is 20.2. The SMILES string of the molecule is COCc1c(C(=O)NCc2csc(C)n2)cnn1-c1nccc(-c2cccs2)n1. The quantitative estimate of drug-likeness (QED) is 0.488. The van der Waals surface area contributed by atoms with Crippen LogP contribution in [0.15, 0.2) is 41.4 Å². The van der Waals surface area contributed by atoms with Crippen LogP contribution in [0.3, 0.4) is 0 Å². The molecule has 8 nitrogen and oxygen atoms in total. The fraction of sp³-hybridized carbons (Fsp3) is 0.211. The van der Waals surface area contributed by atoms with E-state index in [0.717, 1.165) is 21.3 Å². The number of nitrogens with zero attached hydrogens (tertiary/aromatic N) is 5. The van der Waals surface area contributed by atoms with Gasteiger partial charge in [0.25, 0.3) is 11.9 Å². The highest BCUT2D eigenvalue weighted by molar-refractivity contribution is 7.13. The molecule has 1 N–H and O–H groups in total. The van der Waals surface area contributed by atoms with E-state index >= 15 is 0 Å². The number of thiophene rings is 1. The van der Waals surface area contributed by atoms with Gasteiger partial charge in [-0.25, -0.2) is 15.0 Å². The summed E-state index contributed by atoms with van der Waals surface area (Å²) in [5.41, 5.74) is 2.63. The number of hydrogen-bond donors (Lipinski definition) is 1. The number of ether oxygens (including phenoxy) is 1. The molecule has 148 valence electrons. The third-order valence-electron chi connectivity index (χ3n) is 4.10.